The van der Waals surface area contributed by atoms with Crippen molar-refractivity contribution in [1.82, 2.24) is 9.97 Å². The van der Waals surface area contributed by atoms with Gasteiger partial charge in [-0.3, -0.25) is 0 Å². The standard InChI is InChI=1S/C75H64N4/c1-71-41-15-17-43-73(71,3)78(53-21-7-5-8-22-53)69-39-35-51(47-63(69)71)67-31-19-29-65(76-67)49-33-37-57-58-38-34-50(46-62(58)75(61(57)45-49)59-27-13-11-25-55(59)56-26-12-14-28-60(56)75)66-30-20-32-68(77-66)52-36-40-70-64(48-52)72(2)42-16-18-44-74(72,4)79(70)54-23-9-6-10-24-54/h5-14,19-40,45-48H,15-18,41-44H2,1-4H3. The molecule has 6 aliphatic rings. The zero-order chi connectivity index (χ0) is 52.9. The van der Waals surface area contributed by atoms with Crippen LogP contribution in [0.5, 0.6) is 0 Å². The molecular weight excluding hydrogens is 957 g/mol. The van der Waals surface area contributed by atoms with Crippen LogP contribution >= 0.6 is 0 Å². The molecule has 4 atom stereocenters. The van der Waals surface area contributed by atoms with Gasteiger partial charge < -0.3 is 9.80 Å². The maximum absolute atomic E-state index is 5.56. The van der Waals surface area contributed by atoms with E-state index in [0.29, 0.717) is 0 Å². The van der Waals surface area contributed by atoms with Crippen LogP contribution < -0.4 is 9.80 Å². The molecule has 16 rings (SSSR count). The monoisotopic (exact) mass is 1020 g/mol. The first-order valence-corrected chi connectivity index (χ1v) is 29.1. The molecule has 2 aliphatic heterocycles. The number of benzene rings is 8. The van der Waals surface area contributed by atoms with Crippen molar-refractivity contribution in [2.75, 3.05) is 9.80 Å². The van der Waals surface area contributed by atoms with Gasteiger partial charge in [0.15, 0.2) is 0 Å². The third-order valence-corrected chi connectivity index (χ3v) is 21.0. The van der Waals surface area contributed by atoms with Gasteiger partial charge in [0.1, 0.15) is 0 Å². The van der Waals surface area contributed by atoms with Crippen molar-refractivity contribution < 1.29 is 0 Å². The lowest BCUT2D eigenvalue weighted by Crippen LogP contribution is -2.54. The molecule has 2 saturated carbocycles. The van der Waals surface area contributed by atoms with E-state index in [1.165, 1.54) is 141 Å². The Morgan fingerprint density at radius 1 is 0.304 bits per heavy atom. The lowest BCUT2D eigenvalue weighted by molar-refractivity contribution is 0.195. The van der Waals surface area contributed by atoms with Gasteiger partial charge in [-0.25, -0.2) is 9.97 Å². The molecule has 8 aromatic carbocycles. The maximum atomic E-state index is 5.56. The molecular formula is C75H64N4. The SMILES string of the molecule is CC12CCCCC1(C)N(c1ccccc1)c1ccc(-c3cccc(-c4ccc5c(c4)C4(c6ccccc6-c6ccccc64)c4cc(-c6cccc(-c7ccc8c(c7)C7(C)CCCCC7(C)N8c7ccccc7)n6)ccc4-5)n3)cc12. The summed E-state index contributed by atoms with van der Waals surface area (Å²) in [5, 5.41) is 0. The fourth-order valence-corrected chi connectivity index (χ4v) is 16.7. The number of nitrogens with zero attached hydrogens (tertiary/aromatic N) is 4. The average Bonchev–Trinajstić information content (AvgIpc) is 2.20. The van der Waals surface area contributed by atoms with Crippen LogP contribution in [0, 0.1) is 0 Å². The average molecular weight is 1020 g/mol. The van der Waals surface area contributed by atoms with Crippen molar-refractivity contribution in [2.24, 2.45) is 0 Å². The molecule has 0 bridgehead atoms. The topological polar surface area (TPSA) is 32.3 Å². The lowest BCUT2D eigenvalue weighted by Gasteiger charge is -2.50. The Labute approximate surface area is 465 Å². The summed E-state index contributed by atoms with van der Waals surface area (Å²) in [6.45, 7) is 10.1. The Kier molecular flexibility index (Phi) is 9.96. The summed E-state index contributed by atoms with van der Waals surface area (Å²) in [5.41, 5.74) is 26.5. The first kappa shape index (κ1) is 46.7. The largest absolute Gasteiger partial charge is 0.334 e. The third kappa shape index (κ3) is 6.26. The van der Waals surface area contributed by atoms with Gasteiger partial charge in [-0.15, -0.1) is 0 Å². The molecule has 10 aromatic rings. The smallest absolute Gasteiger partial charge is 0.0725 e. The predicted octanol–water partition coefficient (Wildman–Crippen LogP) is 19.0. The quantitative estimate of drug-likeness (QED) is 0.166. The number of pyridine rings is 2. The summed E-state index contributed by atoms with van der Waals surface area (Å²) in [5.74, 6) is 0. The molecule has 4 heteroatoms. The molecule has 4 heterocycles. The van der Waals surface area contributed by atoms with E-state index in [0.717, 1.165) is 33.9 Å². The molecule has 1 spiro atoms. The predicted molar refractivity (Wildman–Crippen MR) is 326 cm³/mol. The highest BCUT2D eigenvalue weighted by Gasteiger charge is 2.59. The summed E-state index contributed by atoms with van der Waals surface area (Å²) in [6, 6.07) is 82.2. The Morgan fingerprint density at radius 2 is 0.646 bits per heavy atom. The number of rotatable bonds is 6. The molecule has 79 heavy (non-hydrogen) atoms. The zero-order valence-corrected chi connectivity index (χ0v) is 45.7. The molecule has 0 N–H and O–H groups in total. The number of fused-ring (bicyclic) bond motifs is 16. The van der Waals surface area contributed by atoms with Gasteiger partial charge in [0.2, 0.25) is 0 Å². The first-order chi connectivity index (χ1) is 38.6. The van der Waals surface area contributed by atoms with Crippen molar-refractivity contribution in [1.29, 1.82) is 0 Å². The summed E-state index contributed by atoms with van der Waals surface area (Å²) < 4.78 is 0. The maximum Gasteiger partial charge on any atom is 0.0725 e. The summed E-state index contributed by atoms with van der Waals surface area (Å²) in [4.78, 5) is 16.4. The number of para-hydroxylation sites is 2. The van der Waals surface area contributed by atoms with Crippen LogP contribution in [0.3, 0.4) is 0 Å². The van der Waals surface area contributed by atoms with Gasteiger partial charge in [0.25, 0.3) is 0 Å². The van der Waals surface area contributed by atoms with Crippen molar-refractivity contribution in [2.45, 2.75) is 106 Å². The van der Waals surface area contributed by atoms with Gasteiger partial charge >= 0.3 is 0 Å². The highest BCUT2D eigenvalue weighted by atomic mass is 15.3. The molecule has 2 aromatic heterocycles. The highest BCUT2D eigenvalue weighted by molar-refractivity contribution is 5.97. The Morgan fingerprint density at radius 3 is 1.06 bits per heavy atom. The van der Waals surface area contributed by atoms with Crippen molar-refractivity contribution >= 4 is 22.7 Å². The van der Waals surface area contributed by atoms with E-state index in [4.69, 9.17) is 9.97 Å². The molecule has 4 aliphatic carbocycles. The lowest BCUT2D eigenvalue weighted by atomic mass is 9.61. The van der Waals surface area contributed by atoms with Crippen LogP contribution in [0.25, 0.3) is 67.3 Å². The molecule has 2 fully saturated rings. The van der Waals surface area contributed by atoms with Crippen LogP contribution in [0.4, 0.5) is 22.7 Å². The Bertz CT molecular complexity index is 3870. The second-order valence-corrected chi connectivity index (χ2v) is 24.6. The molecule has 384 valence electrons. The molecule has 0 saturated heterocycles. The fourth-order valence-electron chi connectivity index (χ4n) is 16.7. The van der Waals surface area contributed by atoms with E-state index in [2.05, 4.69) is 256 Å². The van der Waals surface area contributed by atoms with Gasteiger partial charge in [-0.2, -0.15) is 0 Å². The fraction of sp³-hybridized carbons (Fsp3) is 0.227. The van der Waals surface area contributed by atoms with Gasteiger partial charge in [-0.1, -0.05) is 173 Å². The van der Waals surface area contributed by atoms with E-state index < -0.39 is 5.41 Å². The van der Waals surface area contributed by atoms with Crippen LogP contribution in [0.15, 0.2) is 218 Å². The second kappa shape index (κ2) is 16.8. The van der Waals surface area contributed by atoms with Crippen molar-refractivity contribution in [3.8, 4) is 67.3 Å². The van der Waals surface area contributed by atoms with Crippen LogP contribution in [-0.2, 0) is 16.2 Å². The molecule has 0 amide bonds. The first-order valence-electron chi connectivity index (χ1n) is 29.1. The molecule has 4 nitrogen and oxygen atoms in total. The van der Waals surface area contributed by atoms with Gasteiger partial charge in [0.05, 0.1) is 39.3 Å². The summed E-state index contributed by atoms with van der Waals surface area (Å²) >= 11 is 0. The molecule has 0 radical (unpaired) electrons. The highest BCUT2D eigenvalue weighted by Crippen LogP contribution is 2.65. The number of aromatic nitrogens is 2. The third-order valence-electron chi connectivity index (χ3n) is 21.0. The minimum atomic E-state index is -0.543. The number of hydrogen-bond acceptors (Lipinski definition) is 4. The van der Waals surface area contributed by atoms with Crippen LogP contribution in [-0.4, -0.2) is 21.0 Å². The van der Waals surface area contributed by atoms with E-state index in [1.807, 2.05) is 0 Å². The van der Waals surface area contributed by atoms with Crippen LogP contribution in [0.2, 0.25) is 0 Å². The number of anilines is 4. The van der Waals surface area contributed by atoms with Crippen molar-refractivity contribution in [3.63, 3.8) is 0 Å². The van der Waals surface area contributed by atoms with Crippen molar-refractivity contribution in [3.05, 3.63) is 252 Å². The molecule has 4 unspecified atom stereocenters. The summed E-state index contributed by atoms with van der Waals surface area (Å²) in [7, 11) is 0. The normalized spacial score (nSPS) is 23.3. The van der Waals surface area contributed by atoms with E-state index in [-0.39, 0.29) is 21.9 Å². The summed E-state index contributed by atoms with van der Waals surface area (Å²) in [6.07, 6.45) is 9.70. The Hall–Kier alpha value is -8.34. The zero-order valence-electron chi connectivity index (χ0n) is 45.7. The van der Waals surface area contributed by atoms with Crippen LogP contribution in [0.1, 0.15) is 112 Å². The Balaban J connectivity index is 0.800. The number of hydrogen-bond donors (Lipinski definition) is 0. The minimum Gasteiger partial charge on any atom is -0.334 e. The second-order valence-electron chi connectivity index (χ2n) is 24.6. The van der Waals surface area contributed by atoms with Gasteiger partial charge in [0, 0.05) is 55.8 Å². The van der Waals surface area contributed by atoms with Gasteiger partial charge in [-0.05, 0) is 180 Å². The van der Waals surface area contributed by atoms with E-state index >= 15 is 0 Å². The van der Waals surface area contributed by atoms with E-state index in [9.17, 15) is 0 Å². The van der Waals surface area contributed by atoms with E-state index in [1.54, 1.807) is 0 Å². The minimum absolute atomic E-state index is 0.00908.